The van der Waals surface area contributed by atoms with Gasteiger partial charge in [0.05, 0.1) is 18.7 Å². The quantitative estimate of drug-likeness (QED) is 0.672. The molecule has 0 aromatic heterocycles. The van der Waals surface area contributed by atoms with E-state index in [2.05, 4.69) is 21.9 Å². The van der Waals surface area contributed by atoms with Gasteiger partial charge in [-0.3, -0.25) is 14.4 Å². The molecule has 0 aliphatic heterocycles. The van der Waals surface area contributed by atoms with Crippen LogP contribution >= 0.6 is 0 Å². The number of carbonyl (C=O) groups excluding carboxylic acids is 3. The molecule has 0 saturated heterocycles. The number of hydrogen-bond donors (Lipinski definition) is 3. The second kappa shape index (κ2) is 9.10. The van der Waals surface area contributed by atoms with Crippen molar-refractivity contribution in [2.24, 2.45) is 0 Å². The lowest BCUT2D eigenvalue weighted by Gasteiger charge is -2.08. The standard InChI is InChI=1S/C19H15F2N3O3/c1-2-12-4-3-5-14(8-12)24-18(26)11-22-17(25)10-23-19(27)15-7-6-13(20)9-16(15)21/h1,3-9H,10-11H2,(H,22,25)(H,23,27)(H,24,26). The van der Waals surface area contributed by atoms with Crippen LogP contribution in [0.4, 0.5) is 14.5 Å². The predicted molar refractivity (Wildman–Crippen MR) is 94.7 cm³/mol. The maximum atomic E-state index is 13.5. The van der Waals surface area contributed by atoms with Gasteiger partial charge in [-0.05, 0) is 30.3 Å². The van der Waals surface area contributed by atoms with Crippen LogP contribution in [0.5, 0.6) is 0 Å². The third-order valence-corrected chi connectivity index (χ3v) is 3.34. The summed E-state index contributed by atoms with van der Waals surface area (Å²) in [6.07, 6.45) is 5.27. The average Bonchev–Trinajstić information content (AvgIpc) is 2.64. The average molecular weight is 371 g/mol. The van der Waals surface area contributed by atoms with E-state index < -0.39 is 41.5 Å². The number of hydrogen-bond acceptors (Lipinski definition) is 3. The number of halogens is 2. The summed E-state index contributed by atoms with van der Waals surface area (Å²) >= 11 is 0. The maximum Gasteiger partial charge on any atom is 0.254 e. The molecule has 0 saturated carbocycles. The van der Waals surface area contributed by atoms with E-state index in [0.29, 0.717) is 17.3 Å². The molecule has 0 unspecified atom stereocenters. The molecule has 0 bridgehead atoms. The Hall–Kier alpha value is -3.73. The molecule has 138 valence electrons. The van der Waals surface area contributed by atoms with Gasteiger partial charge in [-0.15, -0.1) is 6.42 Å². The number of benzene rings is 2. The molecule has 8 heteroatoms. The Morgan fingerprint density at radius 3 is 2.41 bits per heavy atom. The summed E-state index contributed by atoms with van der Waals surface area (Å²) in [4.78, 5) is 35.3. The number of terminal acetylenes is 1. The van der Waals surface area contributed by atoms with Crippen LogP contribution in [0.3, 0.4) is 0 Å². The van der Waals surface area contributed by atoms with Gasteiger partial charge in [0.2, 0.25) is 11.8 Å². The van der Waals surface area contributed by atoms with Gasteiger partial charge in [0, 0.05) is 17.3 Å². The number of anilines is 1. The summed E-state index contributed by atoms with van der Waals surface area (Å²) in [7, 11) is 0. The largest absolute Gasteiger partial charge is 0.345 e. The first kappa shape index (κ1) is 19.6. The Labute approximate surface area is 154 Å². The summed E-state index contributed by atoms with van der Waals surface area (Å²) in [6.45, 7) is -0.810. The van der Waals surface area contributed by atoms with Crippen LogP contribution in [0.15, 0.2) is 42.5 Å². The number of carbonyl (C=O) groups is 3. The van der Waals surface area contributed by atoms with Crippen molar-refractivity contribution in [2.45, 2.75) is 0 Å². The van der Waals surface area contributed by atoms with Gasteiger partial charge in [0.25, 0.3) is 5.91 Å². The molecular formula is C19H15F2N3O3. The minimum Gasteiger partial charge on any atom is -0.345 e. The van der Waals surface area contributed by atoms with Crippen molar-refractivity contribution >= 4 is 23.4 Å². The number of nitrogens with one attached hydrogen (secondary N) is 3. The van der Waals surface area contributed by atoms with Crippen LogP contribution in [0, 0.1) is 24.0 Å². The van der Waals surface area contributed by atoms with Crippen molar-refractivity contribution in [1.29, 1.82) is 0 Å². The Kier molecular flexibility index (Phi) is 6.61. The van der Waals surface area contributed by atoms with E-state index in [4.69, 9.17) is 6.42 Å². The van der Waals surface area contributed by atoms with Crippen molar-refractivity contribution in [1.82, 2.24) is 10.6 Å². The fourth-order valence-electron chi connectivity index (χ4n) is 2.06. The first-order valence-electron chi connectivity index (χ1n) is 7.75. The van der Waals surface area contributed by atoms with Crippen molar-refractivity contribution in [3.63, 3.8) is 0 Å². The van der Waals surface area contributed by atoms with Crippen molar-refractivity contribution in [3.05, 3.63) is 65.2 Å². The summed E-state index contributed by atoms with van der Waals surface area (Å²) in [6, 6.07) is 9.06. The molecule has 0 radical (unpaired) electrons. The van der Waals surface area contributed by atoms with Crippen LogP contribution in [-0.4, -0.2) is 30.8 Å². The van der Waals surface area contributed by atoms with Crippen molar-refractivity contribution in [2.75, 3.05) is 18.4 Å². The zero-order chi connectivity index (χ0) is 19.8. The van der Waals surface area contributed by atoms with Crippen molar-refractivity contribution in [3.8, 4) is 12.3 Å². The van der Waals surface area contributed by atoms with Gasteiger partial charge in [0.15, 0.2) is 0 Å². The van der Waals surface area contributed by atoms with E-state index in [-0.39, 0.29) is 6.54 Å². The first-order chi connectivity index (χ1) is 12.9. The fourth-order valence-corrected chi connectivity index (χ4v) is 2.06. The lowest BCUT2D eigenvalue weighted by atomic mass is 10.2. The van der Waals surface area contributed by atoms with E-state index in [9.17, 15) is 23.2 Å². The Morgan fingerprint density at radius 2 is 1.70 bits per heavy atom. The summed E-state index contributed by atoms with van der Waals surface area (Å²) < 4.78 is 26.3. The Balaban J connectivity index is 1.77. The first-order valence-corrected chi connectivity index (χ1v) is 7.75. The summed E-state index contributed by atoms with van der Waals surface area (Å²) in [5.41, 5.74) is 0.674. The minimum atomic E-state index is -1.04. The number of rotatable bonds is 6. The maximum absolute atomic E-state index is 13.5. The minimum absolute atomic E-state index is 0.333. The molecule has 3 amide bonds. The highest BCUT2D eigenvalue weighted by Crippen LogP contribution is 2.10. The molecule has 0 spiro atoms. The van der Waals surface area contributed by atoms with Crippen LogP contribution < -0.4 is 16.0 Å². The second-order valence-corrected chi connectivity index (χ2v) is 5.36. The number of amides is 3. The lowest BCUT2D eigenvalue weighted by Crippen LogP contribution is -2.40. The van der Waals surface area contributed by atoms with Crippen LogP contribution in [0.1, 0.15) is 15.9 Å². The van der Waals surface area contributed by atoms with E-state index in [1.807, 2.05) is 0 Å². The molecule has 6 nitrogen and oxygen atoms in total. The van der Waals surface area contributed by atoms with Gasteiger partial charge in [-0.1, -0.05) is 12.0 Å². The molecule has 0 fully saturated rings. The molecule has 0 aliphatic rings. The molecule has 3 N–H and O–H groups in total. The summed E-state index contributed by atoms with van der Waals surface area (Å²) in [5, 5.41) is 7.04. The Morgan fingerprint density at radius 1 is 0.963 bits per heavy atom. The van der Waals surface area contributed by atoms with E-state index in [1.165, 1.54) is 0 Å². The topological polar surface area (TPSA) is 87.3 Å². The third kappa shape index (κ3) is 5.93. The second-order valence-electron chi connectivity index (χ2n) is 5.36. The SMILES string of the molecule is C#Cc1cccc(NC(=O)CNC(=O)CNC(=O)c2ccc(F)cc2F)c1. The normalized spacial score (nSPS) is 9.81. The van der Waals surface area contributed by atoms with Crippen LogP contribution in [0.25, 0.3) is 0 Å². The smallest absolute Gasteiger partial charge is 0.254 e. The lowest BCUT2D eigenvalue weighted by molar-refractivity contribution is -0.123. The molecule has 0 atom stereocenters. The van der Waals surface area contributed by atoms with Gasteiger partial charge in [-0.25, -0.2) is 8.78 Å². The highest BCUT2D eigenvalue weighted by Gasteiger charge is 2.14. The predicted octanol–water partition coefficient (Wildman–Crippen LogP) is 1.43. The van der Waals surface area contributed by atoms with Crippen molar-refractivity contribution < 1.29 is 23.2 Å². The third-order valence-electron chi connectivity index (χ3n) is 3.34. The van der Waals surface area contributed by atoms with Gasteiger partial charge < -0.3 is 16.0 Å². The Bertz CT molecular complexity index is 923. The zero-order valence-corrected chi connectivity index (χ0v) is 14.0. The highest BCUT2D eigenvalue weighted by molar-refractivity contribution is 5.98. The molecule has 2 aromatic carbocycles. The molecule has 2 aromatic rings. The van der Waals surface area contributed by atoms with Gasteiger partial charge in [0.1, 0.15) is 11.6 Å². The molecule has 0 aliphatic carbocycles. The zero-order valence-electron chi connectivity index (χ0n) is 14.0. The van der Waals surface area contributed by atoms with E-state index in [1.54, 1.807) is 24.3 Å². The van der Waals surface area contributed by atoms with Gasteiger partial charge in [-0.2, -0.15) is 0 Å². The van der Waals surface area contributed by atoms with E-state index in [0.717, 1.165) is 12.1 Å². The van der Waals surface area contributed by atoms with Crippen LogP contribution in [-0.2, 0) is 9.59 Å². The molecule has 0 heterocycles. The monoisotopic (exact) mass is 371 g/mol. The molecule has 27 heavy (non-hydrogen) atoms. The van der Waals surface area contributed by atoms with Crippen LogP contribution in [0.2, 0.25) is 0 Å². The van der Waals surface area contributed by atoms with Gasteiger partial charge >= 0.3 is 0 Å². The molecule has 2 rings (SSSR count). The fraction of sp³-hybridized carbons (Fsp3) is 0.105. The summed E-state index contributed by atoms with van der Waals surface area (Å²) in [5.74, 6) is -1.45. The van der Waals surface area contributed by atoms with E-state index >= 15 is 0 Å². The molecular weight excluding hydrogens is 356 g/mol. The highest BCUT2D eigenvalue weighted by atomic mass is 19.1.